The van der Waals surface area contributed by atoms with Crippen LogP contribution in [-0.2, 0) is 13.6 Å². The molecule has 0 bridgehead atoms. The number of aromatic nitrogens is 4. The van der Waals surface area contributed by atoms with Crippen LogP contribution >= 0.6 is 0 Å². The van der Waals surface area contributed by atoms with Gasteiger partial charge in [0.25, 0.3) is 5.91 Å². The molecule has 0 saturated carbocycles. The maximum atomic E-state index is 12.7. The summed E-state index contributed by atoms with van der Waals surface area (Å²) >= 11 is 0. The molecule has 1 aliphatic rings. The third kappa shape index (κ3) is 3.28. The topological polar surface area (TPSA) is 67.5 Å². The van der Waals surface area contributed by atoms with Gasteiger partial charge in [0.1, 0.15) is 11.2 Å². The Labute approximate surface area is 146 Å². The standard InChI is InChI=1S/C18H22N6O/c1-22-8-9-24-18(22)16(11-20-24)17(25)21-15-5-3-7-23(13-15)12-14-4-2-6-19-10-14/h2,4,6,8-11,15H,3,5,7,12-13H2,1H3,(H,21,25)/t15-/m1/s1. The second kappa shape index (κ2) is 6.68. The molecule has 0 unspecified atom stereocenters. The average molecular weight is 338 g/mol. The van der Waals surface area contributed by atoms with Gasteiger partial charge in [-0.3, -0.25) is 14.7 Å². The largest absolute Gasteiger partial charge is 0.348 e. The summed E-state index contributed by atoms with van der Waals surface area (Å²) in [5.74, 6) is -0.0509. The van der Waals surface area contributed by atoms with Crippen molar-refractivity contribution in [1.82, 2.24) is 29.4 Å². The van der Waals surface area contributed by atoms with Gasteiger partial charge in [-0.2, -0.15) is 5.10 Å². The molecule has 0 radical (unpaired) electrons. The molecule has 25 heavy (non-hydrogen) atoms. The highest BCUT2D eigenvalue weighted by Crippen LogP contribution is 2.15. The fraction of sp³-hybridized carbons (Fsp3) is 0.389. The SMILES string of the molecule is Cn1ccn2ncc(C(=O)N[C@@H]3CCCN(Cc4cccnc4)C3)c12. The Morgan fingerprint density at radius 2 is 2.28 bits per heavy atom. The number of imidazole rings is 1. The minimum atomic E-state index is -0.0509. The van der Waals surface area contributed by atoms with E-state index in [0.717, 1.165) is 38.1 Å². The number of nitrogens with one attached hydrogen (secondary N) is 1. The lowest BCUT2D eigenvalue weighted by Gasteiger charge is -2.33. The molecule has 4 rings (SSSR count). The number of rotatable bonds is 4. The van der Waals surface area contributed by atoms with E-state index in [1.165, 1.54) is 5.56 Å². The molecule has 130 valence electrons. The molecule has 1 amide bonds. The van der Waals surface area contributed by atoms with E-state index in [1.54, 1.807) is 16.9 Å². The van der Waals surface area contributed by atoms with Crippen LogP contribution in [0.25, 0.3) is 5.65 Å². The van der Waals surface area contributed by atoms with E-state index < -0.39 is 0 Å². The Morgan fingerprint density at radius 3 is 3.12 bits per heavy atom. The van der Waals surface area contributed by atoms with Gasteiger partial charge in [-0.15, -0.1) is 0 Å². The molecule has 7 nitrogen and oxygen atoms in total. The van der Waals surface area contributed by atoms with Crippen molar-refractivity contribution >= 4 is 11.6 Å². The molecule has 1 atom stereocenters. The van der Waals surface area contributed by atoms with Gasteiger partial charge >= 0.3 is 0 Å². The molecular weight excluding hydrogens is 316 g/mol. The van der Waals surface area contributed by atoms with E-state index in [0.29, 0.717) is 5.56 Å². The van der Waals surface area contributed by atoms with Crippen LogP contribution in [0, 0.1) is 0 Å². The summed E-state index contributed by atoms with van der Waals surface area (Å²) in [4.78, 5) is 19.2. The van der Waals surface area contributed by atoms with Gasteiger partial charge in [0, 0.05) is 51.0 Å². The minimum Gasteiger partial charge on any atom is -0.348 e. The van der Waals surface area contributed by atoms with Gasteiger partial charge in [-0.25, -0.2) is 4.52 Å². The predicted molar refractivity (Wildman–Crippen MR) is 94.2 cm³/mol. The van der Waals surface area contributed by atoms with Crippen molar-refractivity contribution in [3.8, 4) is 0 Å². The van der Waals surface area contributed by atoms with Crippen LogP contribution in [0.4, 0.5) is 0 Å². The first-order valence-corrected chi connectivity index (χ1v) is 8.61. The lowest BCUT2D eigenvalue weighted by molar-refractivity contribution is 0.0902. The first-order chi connectivity index (χ1) is 12.2. The zero-order valence-electron chi connectivity index (χ0n) is 14.3. The first kappa shape index (κ1) is 15.8. The number of amides is 1. The number of carbonyl (C=O) groups excluding carboxylic acids is 1. The van der Waals surface area contributed by atoms with Crippen LogP contribution in [0.5, 0.6) is 0 Å². The van der Waals surface area contributed by atoms with E-state index in [2.05, 4.69) is 26.4 Å². The number of carbonyl (C=O) groups is 1. The number of hydrogen-bond acceptors (Lipinski definition) is 4. The Kier molecular flexibility index (Phi) is 4.23. The zero-order valence-corrected chi connectivity index (χ0v) is 14.3. The normalized spacial score (nSPS) is 18.5. The Morgan fingerprint density at radius 1 is 1.36 bits per heavy atom. The van der Waals surface area contributed by atoms with Crippen LogP contribution in [0.15, 0.2) is 43.1 Å². The van der Waals surface area contributed by atoms with Gasteiger partial charge < -0.3 is 9.88 Å². The molecular formula is C18H22N6O. The lowest BCUT2D eigenvalue weighted by atomic mass is 10.0. The Hall–Kier alpha value is -2.67. The molecule has 4 heterocycles. The van der Waals surface area contributed by atoms with E-state index in [9.17, 15) is 4.79 Å². The van der Waals surface area contributed by atoms with Gasteiger partial charge in [-0.1, -0.05) is 6.07 Å². The van der Waals surface area contributed by atoms with Gasteiger partial charge in [0.05, 0.1) is 6.20 Å². The molecule has 3 aromatic heterocycles. The van der Waals surface area contributed by atoms with Crippen molar-refractivity contribution in [1.29, 1.82) is 0 Å². The summed E-state index contributed by atoms with van der Waals surface area (Å²) in [6.45, 7) is 2.78. The van der Waals surface area contributed by atoms with Crippen molar-refractivity contribution in [2.75, 3.05) is 13.1 Å². The van der Waals surface area contributed by atoms with Crippen LogP contribution in [0.2, 0.25) is 0 Å². The summed E-state index contributed by atoms with van der Waals surface area (Å²) in [5.41, 5.74) is 2.65. The van der Waals surface area contributed by atoms with Crippen molar-refractivity contribution in [2.24, 2.45) is 7.05 Å². The fourth-order valence-corrected chi connectivity index (χ4v) is 3.54. The number of aryl methyl sites for hydroxylation is 1. The summed E-state index contributed by atoms with van der Waals surface area (Å²) in [6, 6.07) is 4.21. The average Bonchev–Trinajstić information content (AvgIpc) is 3.19. The number of pyridine rings is 1. The molecule has 0 spiro atoms. The maximum Gasteiger partial charge on any atom is 0.256 e. The molecule has 7 heteroatoms. The molecule has 0 aromatic carbocycles. The second-order valence-corrected chi connectivity index (χ2v) is 6.64. The Balaban J connectivity index is 1.42. The number of nitrogens with zero attached hydrogens (tertiary/aromatic N) is 5. The van der Waals surface area contributed by atoms with Crippen molar-refractivity contribution < 1.29 is 4.79 Å². The van der Waals surface area contributed by atoms with Gasteiger partial charge in [0.2, 0.25) is 0 Å². The molecule has 1 aliphatic heterocycles. The number of fused-ring (bicyclic) bond motifs is 1. The molecule has 1 N–H and O–H groups in total. The smallest absolute Gasteiger partial charge is 0.256 e. The summed E-state index contributed by atoms with van der Waals surface area (Å²) in [7, 11) is 1.92. The molecule has 0 aliphatic carbocycles. The highest BCUT2D eigenvalue weighted by Gasteiger charge is 2.23. The fourth-order valence-electron chi connectivity index (χ4n) is 3.54. The summed E-state index contributed by atoms with van der Waals surface area (Å²) in [5, 5.41) is 7.43. The number of likely N-dealkylation sites (tertiary alicyclic amines) is 1. The second-order valence-electron chi connectivity index (χ2n) is 6.64. The first-order valence-electron chi connectivity index (χ1n) is 8.61. The summed E-state index contributed by atoms with van der Waals surface area (Å²) < 4.78 is 3.64. The van der Waals surface area contributed by atoms with Crippen molar-refractivity contribution in [3.63, 3.8) is 0 Å². The number of hydrogen-bond donors (Lipinski definition) is 1. The third-order valence-corrected chi connectivity index (χ3v) is 4.75. The Bertz CT molecular complexity index is 868. The van der Waals surface area contributed by atoms with Crippen LogP contribution in [0.3, 0.4) is 0 Å². The minimum absolute atomic E-state index is 0.0509. The third-order valence-electron chi connectivity index (χ3n) is 4.75. The maximum absolute atomic E-state index is 12.7. The van der Waals surface area contributed by atoms with E-state index in [1.807, 2.05) is 36.3 Å². The highest BCUT2D eigenvalue weighted by molar-refractivity contribution is 6.00. The predicted octanol–water partition coefficient (Wildman–Crippen LogP) is 1.46. The van der Waals surface area contributed by atoms with Crippen molar-refractivity contribution in [2.45, 2.75) is 25.4 Å². The highest BCUT2D eigenvalue weighted by atomic mass is 16.1. The molecule has 1 fully saturated rings. The van der Waals surface area contributed by atoms with E-state index in [4.69, 9.17) is 0 Å². The van der Waals surface area contributed by atoms with Crippen LogP contribution in [-0.4, -0.2) is 49.1 Å². The molecule has 1 saturated heterocycles. The van der Waals surface area contributed by atoms with E-state index >= 15 is 0 Å². The van der Waals surface area contributed by atoms with Crippen LogP contribution < -0.4 is 5.32 Å². The van der Waals surface area contributed by atoms with Gasteiger partial charge in [0.15, 0.2) is 0 Å². The van der Waals surface area contributed by atoms with E-state index in [-0.39, 0.29) is 11.9 Å². The quantitative estimate of drug-likeness (QED) is 0.782. The lowest BCUT2D eigenvalue weighted by Crippen LogP contribution is -2.47. The molecule has 3 aromatic rings. The number of piperidine rings is 1. The van der Waals surface area contributed by atoms with Crippen LogP contribution in [0.1, 0.15) is 28.8 Å². The van der Waals surface area contributed by atoms with Crippen molar-refractivity contribution in [3.05, 3.63) is 54.2 Å². The van der Waals surface area contributed by atoms with Gasteiger partial charge in [-0.05, 0) is 31.0 Å². The summed E-state index contributed by atoms with van der Waals surface area (Å²) in [6.07, 6.45) is 11.2. The zero-order chi connectivity index (χ0) is 17.2. The monoisotopic (exact) mass is 338 g/mol.